The number of hydrogen-bond donors (Lipinski definition) is 2. The molecule has 2 N–H and O–H groups in total. The fourth-order valence-electron chi connectivity index (χ4n) is 0. The molecule has 7 heavy (non-hydrogen) atoms. The second kappa shape index (κ2) is 1.65. The average molecular weight is 171 g/mol. The summed E-state index contributed by atoms with van der Waals surface area (Å²) < 4.78 is 22.9. The Morgan fingerprint density at radius 1 is 1.57 bits per heavy atom. The monoisotopic (exact) mass is 171 g/mol. The second-order valence-electron chi connectivity index (χ2n) is 0.751. The predicted molar refractivity (Wildman–Crippen MR) is 17.9 cm³/mol. The minimum atomic E-state index is -5.56. The molecule has 0 saturated carbocycles. The van der Waals surface area contributed by atoms with Gasteiger partial charge in [0.2, 0.25) is 0 Å². The Morgan fingerprint density at radius 2 is 1.71 bits per heavy atom. The molecule has 0 aromatic carbocycles. The van der Waals surface area contributed by atoms with Gasteiger partial charge < -0.3 is 0 Å². The van der Waals surface area contributed by atoms with Crippen LogP contribution in [0.25, 0.3) is 0 Å². The minimum absolute atomic E-state index is 1.59. The van der Waals surface area contributed by atoms with Crippen LogP contribution in [-0.2, 0) is 3.74 Å². The molecule has 0 amide bonds. The van der Waals surface area contributed by atoms with Crippen molar-refractivity contribution < 1.29 is 15.8 Å². The molecule has 0 heterocycles. The van der Waals surface area contributed by atoms with Gasteiger partial charge in [-0.2, -0.15) is 0 Å². The Hall–Kier alpha value is -0.322. The Bertz CT molecular complexity index is 120. The maximum atomic E-state index is 9.39. The summed E-state index contributed by atoms with van der Waals surface area (Å²) in [5.74, 6) is 0. The second-order valence-corrected chi connectivity index (χ2v) is 3.59. The fraction of sp³-hybridized carbons (Fsp3) is 0. The zero-order valence-electron chi connectivity index (χ0n) is 3.01. The van der Waals surface area contributed by atoms with Crippen molar-refractivity contribution in [3.8, 4) is 0 Å². The zero-order chi connectivity index (χ0) is 6.08. The van der Waals surface area contributed by atoms with Crippen LogP contribution >= 0.6 is 0 Å². The van der Waals surface area contributed by atoms with Gasteiger partial charge >= 0.3 is 40.3 Å². The van der Waals surface area contributed by atoms with Crippen molar-refractivity contribution >= 4 is 14.4 Å². The zero-order valence-corrected chi connectivity index (χ0v) is 4.89. The Kier molecular flexibility index (Phi) is 1.57. The third-order valence-corrected chi connectivity index (χ3v) is 1.11. The molecule has 0 atom stereocenters. The van der Waals surface area contributed by atoms with E-state index in [0.29, 0.717) is 0 Å². The van der Waals surface area contributed by atoms with E-state index in [1.165, 1.54) is 0 Å². The average Bonchev–Trinajstić information content (AvgIpc) is 1.31. The molecule has 0 aliphatic rings. The molecule has 0 radical (unpaired) electrons. The fourth-order valence-corrected chi connectivity index (χ4v) is 0. The van der Waals surface area contributed by atoms with E-state index in [1.807, 2.05) is 0 Å². The quantitative estimate of drug-likeness (QED) is 0.273. The Labute approximate surface area is 41.1 Å². The molecular formula is H2AsNO5. The molecule has 0 saturated heterocycles. The van der Waals surface area contributed by atoms with E-state index in [9.17, 15) is 3.74 Å². The molecule has 0 aromatic rings. The number of hydrogen-bond acceptors (Lipinski definition) is 3. The van der Waals surface area contributed by atoms with E-state index in [1.54, 1.807) is 0 Å². The van der Waals surface area contributed by atoms with Crippen molar-refractivity contribution in [1.82, 2.24) is 0 Å². The summed E-state index contributed by atoms with van der Waals surface area (Å²) in [6.45, 7) is 0. The molecule has 42 valence electrons. The normalized spacial score (nSPS) is 11.1. The topological polar surface area (TPSA) is 101 Å². The first-order valence-corrected chi connectivity index (χ1v) is 4.43. The SMILES string of the molecule is O=[N+]([O-])[As](=O)(O)O. The van der Waals surface area contributed by atoms with Crippen LogP contribution in [0.2, 0.25) is 0 Å². The van der Waals surface area contributed by atoms with Crippen LogP contribution in [-0.4, -0.2) is 26.4 Å². The van der Waals surface area contributed by atoms with Gasteiger partial charge in [0.25, 0.3) is 0 Å². The summed E-state index contributed by atoms with van der Waals surface area (Å²) in [7, 11) is 0. The van der Waals surface area contributed by atoms with Gasteiger partial charge in [0.05, 0.1) is 0 Å². The van der Waals surface area contributed by atoms with Crippen LogP contribution in [0, 0.1) is 10.1 Å². The maximum absolute atomic E-state index is 9.39. The van der Waals surface area contributed by atoms with Gasteiger partial charge in [-0.05, 0) is 0 Å². The number of nitrogens with zero attached hydrogens (tertiary/aromatic N) is 1. The van der Waals surface area contributed by atoms with Crippen molar-refractivity contribution in [1.29, 1.82) is 0 Å². The first kappa shape index (κ1) is 6.68. The summed E-state index contributed by atoms with van der Waals surface area (Å²) in [4.78, 5) is 9.09. The van der Waals surface area contributed by atoms with Crippen molar-refractivity contribution in [2.24, 2.45) is 0 Å². The molecule has 6 nitrogen and oxygen atoms in total. The summed E-state index contributed by atoms with van der Waals surface area (Å²) in [6, 6.07) is 0. The van der Waals surface area contributed by atoms with Gasteiger partial charge in [-0.15, -0.1) is 0 Å². The summed E-state index contributed by atoms with van der Waals surface area (Å²) >= 11 is -5.56. The van der Waals surface area contributed by atoms with E-state index >= 15 is 0 Å². The molecule has 0 aliphatic heterocycles. The number of rotatable bonds is 1. The van der Waals surface area contributed by atoms with Gasteiger partial charge in [-0.25, -0.2) is 0 Å². The van der Waals surface area contributed by atoms with Crippen molar-refractivity contribution in [3.63, 3.8) is 0 Å². The van der Waals surface area contributed by atoms with Crippen molar-refractivity contribution in [3.05, 3.63) is 10.1 Å². The third-order valence-electron chi connectivity index (χ3n) is 0.213. The third kappa shape index (κ3) is 2.38. The molecular weight excluding hydrogens is 169 g/mol. The van der Waals surface area contributed by atoms with Gasteiger partial charge in [-0.1, -0.05) is 0 Å². The first-order valence-electron chi connectivity index (χ1n) is 1.15. The van der Waals surface area contributed by atoms with Crippen LogP contribution in [0.15, 0.2) is 0 Å². The Morgan fingerprint density at radius 3 is 1.71 bits per heavy atom. The molecule has 0 aliphatic carbocycles. The van der Waals surface area contributed by atoms with E-state index in [-0.39, 0.29) is 0 Å². The van der Waals surface area contributed by atoms with Crippen LogP contribution in [0.5, 0.6) is 0 Å². The summed E-state index contributed by atoms with van der Waals surface area (Å²) in [5.41, 5.74) is 0. The van der Waals surface area contributed by atoms with Crippen LogP contribution in [0.1, 0.15) is 0 Å². The summed E-state index contributed by atoms with van der Waals surface area (Å²) in [6.07, 6.45) is 0. The molecule has 0 rings (SSSR count). The van der Waals surface area contributed by atoms with Crippen LogP contribution in [0.4, 0.5) is 0 Å². The molecule has 0 bridgehead atoms. The first-order chi connectivity index (χ1) is 2.94. The van der Waals surface area contributed by atoms with Gasteiger partial charge in [0, 0.05) is 0 Å². The molecule has 0 fully saturated rings. The molecule has 0 unspecified atom stereocenters. The van der Waals surface area contributed by atoms with E-state index in [4.69, 9.17) is 18.3 Å². The van der Waals surface area contributed by atoms with E-state index in [0.717, 1.165) is 0 Å². The standard InChI is InChI=1S/AsH2NO5/c3-1(4,5)2(6)7/h(H2,3,4,5). The van der Waals surface area contributed by atoms with Crippen LogP contribution < -0.4 is 0 Å². The van der Waals surface area contributed by atoms with Crippen molar-refractivity contribution in [2.75, 3.05) is 0 Å². The predicted octanol–water partition coefficient (Wildman–Crippen LogP) is -1.89. The molecule has 0 spiro atoms. The molecule has 7 heteroatoms. The van der Waals surface area contributed by atoms with Crippen molar-refractivity contribution in [2.45, 2.75) is 0 Å². The van der Waals surface area contributed by atoms with Gasteiger partial charge in [0.1, 0.15) is 0 Å². The van der Waals surface area contributed by atoms with E-state index in [2.05, 4.69) is 0 Å². The summed E-state index contributed by atoms with van der Waals surface area (Å²) in [5, 5.41) is 9.09. The molecule has 0 aromatic heterocycles. The van der Waals surface area contributed by atoms with Crippen LogP contribution in [0.3, 0.4) is 0 Å². The van der Waals surface area contributed by atoms with Gasteiger partial charge in [0.15, 0.2) is 0 Å². The Balaban J connectivity index is 4.09. The van der Waals surface area contributed by atoms with Gasteiger partial charge in [-0.3, -0.25) is 0 Å². The van der Waals surface area contributed by atoms with E-state index < -0.39 is 18.2 Å². The number of nitro groups is 1.